The van der Waals surface area contributed by atoms with Crippen molar-refractivity contribution in [1.29, 1.82) is 0 Å². The minimum atomic E-state index is -0.643. The lowest BCUT2D eigenvalue weighted by molar-refractivity contribution is -0.0719. The molecule has 2 heterocycles. The van der Waals surface area contributed by atoms with Crippen LogP contribution < -0.4 is 5.32 Å². The molecule has 6 nitrogen and oxygen atoms in total. The van der Waals surface area contributed by atoms with E-state index in [4.69, 9.17) is 4.74 Å². The number of hydrogen-bond acceptors (Lipinski definition) is 5. The van der Waals surface area contributed by atoms with Crippen molar-refractivity contribution in [3.63, 3.8) is 0 Å². The van der Waals surface area contributed by atoms with Crippen molar-refractivity contribution >= 4 is 0 Å². The number of aromatic nitrogens is 3. The fraction of sp³-hybridized carbons (Fsp3) is 0.333. The number of H-pyrrole nitrogens is 1. The minimum Gasteiger partial charge on any atom is -0.391 e. The van der Waals surface area contributed by atoms with E-state index < -0.39 is 6.10 Å². The molecular weight excluding hydrogens is 378 g/mol. The molecular formula is C21H22F2N4O2. The molecule has 3 atom stereocenters. The fourth-order valence-electron chi connectivity index (χ4n) is 3.74. The summed E-state index contributed by atoms with van der Waals surface area (Å²) in [5.74, 6) is -0.297. The second-order valence-electron chi connectivity index (χ2n) is 7.16. The highest BCUT2D eigenvalue weighted by atomic mass is 19.1. The van der Waals surface area contributed by atoms with Crippen molar-refractivity contribution in [1.82, 2.24) is 20.5 Å². The molecule has 2 aromatic carbocycles. The molecule has 4 rings (SSSR count). The lowest BCUT2D eigenvalue weighted by Gasteiger charge is -2.38. The summed E-state index contributed by atoms with van der Waals surface area (Å²) >= 11 is 0. The Morgan fingerprint density at radius 1 is 1.07 bits per heavy atom. The van der Waals surface area contributed by atoms with Crippen LogP contribution in [0.25, 0.3) is 0 Å². The van der Waals surface area contributed by atoms with Gasteiger partial charge in [-0.1, -0.05) is 24.3 Å². The minimum absolute atomic E-state index is 0.250. The number of nitrogens with one attached hydrogen (secondary N) is 2. The van der Waals surface area contributed by atoms with E-state index in [1.807, 2.05) is 0 Å². The molecule has 1 aliphatic rings. The van der Waals surface area contributed by atoms with Gasteiger partial charge in [0.2, 0.25) is 0 Å². The number of hydrogen-bond donors (Lipinski definition) is 3. The van der Waals surface area contributed by atoms with Crippen LogP contribution in [0.4, 0.5) is 8.78 Å². The average molecular weight is 400 g/mol. The molecule has 0 radical (unpaired) electrons. The number of nitrogens with zero attached hydrogens (tertiary/aromatic N) is 2. The average Bonchev–Trinajstić information content (AvgIpc) is 3.24. The Morgan fingerprint density at radius 2 is 1.69 bits per heavy atom. The molecule has 0 aliphatic carbocycles. The third-order valence-corrected chi connectivity index (χ3v) is 5.25. The molecule has 0 spiro atoms. The Labute approximate surface area is 166 Å². The van der Waals surface area contributed by atoms with Crippen LogP contribution in [0.5, 0.6) is 0 Å². The third kappa shape index (κ3) is 4.67. The molecule has 3 unspecified atom stereocenters. The largest absolute Gasteiger partial charge is 0.391 e. The second-order valence-corrected chi connectivity index (χ2v) is 7.16. The molecule has 1 aromatic heterocycles. The van der Waals surface area contributed by atoms with Crippen molar-refractivity contribution in [3.05, 3.63) is 83.4 Å². The predicted octanol–water partition coefficient (Wildman–Crippen LogP) is 2.52. The maximum atomic E-state index is 13.4. The number of aliphatic hydroxyl groups is 1. The quantitative estimate of drug-likeness (QED) is 0.592. The molecule has 29 heavy (non-hydrogen) atoms. The van der Waals surface area contributed by atoms with E-state index in [1.165, 1.54) is 30.6 Å². The summed E-state index contributed by atoms with van der Waals surface area (Å²) in [6, 6.07) is 12.1. The molecule has 152 valence electrons. The van der Waals surface area contributed by atoms with E-state index in [1.54, 1.807) is 24.3 Å². The topological polar surface area (TPSA) is 83.1 Å². The van der Waals surface area contributed by atoms with Crippen LogP contribution in [0.15, 0.2) is 54.9 Å². The van der Waals surface area contributed by atoms with Crippen LogP contribution in [-0.4, -0.2) is 45.1 Å². The number of benzene rings is 2. The fourth-order valence-corrected chi connectivity index (χ4v) is 3.74. The Balaban J connectivity index is 1.51. The van der Waals surface area contributed by atoms with Gasteiger partial charge < -0.3 is 15.2 Å². The Bertz CT molecular complexity index is 858. The van der Waals surface area contributed by atoms with Crippen LogP contribution in [0.1, 0.15) is 29.3 Å². The summed E-state index contributed by atoms with van der Waals surface area (Å²) in [6.07, 6.45) is 0.903. The lowest BCUT2D eigenvalue weighted by atomic mass is 9.82. The predicted molar refractivity (Wildman–Crippen MR) is 102 cm³/mol. The molecule has 1 saturated heterocycles. The summed E-state index contributed by atoms with van der Waals surface area (Å²) < 4.78 is 32.9. The maximum absolute atomic E-state index is 13.4. The van der Waals surface area contributed by atoms with Gasteiger partial charge in [0.15, 0.2) is 5.82 Å². The first kappa shape index (κ1) is 19.6. The Hall–Kier alpha value is -2.68. The Kier molecular flexibility index (Phi) is 5.94. The molecule has 8 heteroatoms. The van der Waals surface area contributed by atoms with Crippen molar-refractivity contribution in [2.75, 3.05) is 6.61 Å². The smallest absolute Gasteiger partial charge is 0.164 e. The van der Waals surface area contributed by atoms with E-state index in [-0.39, 0.29) is 29.7 Å². The molecule has 1 aliphatic heterocycles. The summed E-state index contributed by atoms with van der Waals surface area (Å²) in [4.78, 5) is 4.05. The highest BCUT2D eigenvalue weighted by Crippen LogP contribution is 2.34. The van der Waals surface area contributed by atoms with E-state index in [0.29, 0.717) is 25.4 Å². The van der Waals surface area contributed by atoms with Crippen LogP contribution in [0.3, 0.4) is 0 Å². The SMILES string of the molecule is OC1CC(C(c2ccc(F)cc2)c2ccc(F)cc2)OCC1NCc1nc[nH]n1. The van der Waals surface area contributed by atoms with Crippen LogP contribution >= 0.6 is 0 Å². The van der Waals surface area contributed by atoms with Gasteiger partial charge in [-0.15, -0.1) is 0 Å². The molecule has 1 fully saturated rings. The van der Waals surface area contributed by atoms with E-state index in [9.17, 15) is 13.9 Å². The molecule has 0 amide bonds. The normalized spacial score (nSPS) is 22.1. The number of rotatable bonds is 6. The van der Waals surface area contributed by atoms with Gasteiger partial charge in [0.1, 0.15) is 18.0 Å². The summed E-state index contributed by atoms with van der Waals surface area (Å²) in [6.45, 7) is 0.716. The van der Waals surface area contributed by atoms with E-state index in [0.717, 1.165) is 11.1 Å². The van der Waals surface area contributed by atoms with Crippen molar-refractivity contribution in [2.24, 2.45) is 0 Å². The maximum Gasteiger partial charge on any atom is 0.164 e. The first-order valence-electron chi connectivity index (χ1n) is 9.49. The van der Waals surface area contributed by atoms with Crippen molar-refractivity contribution < 1.29 is 18.6 Å². The van der Waals surface area contributed by atoms with E-state index in [2.05, 4.69) is 20.5 Å². The number of aromatic amines is 1. The van der Waals surface area contributed by atoms with Gasteiger partial charge in [-0.2, -0.15) is 5.10 Å². The lowest BCUT2D eigenvalue weighted by Crippen LogP contribution is -2.50. The molecule has 0 bridgehead atoms. The monoisotopic (exact) mass is 400 g/mol. The number of aliphatic hydroxyl groups excluding tert-OH is 1. The summed E-state index contributed by atoms with van der Waals surface area (Å²) in [5, 5.41) is 20.5. The Morgan fingerprint density at radius 3 is 2.21 bits per heavy atom. The standard InChI is InChI=1S/C21H22F2N4O2/c22-15-5-1-13(2-6-15)21(14-3-7-16(23)8-4-14)19-9-18(28)17(11-29-19)24-10-20-25-12-26-27-20/h1-8,12,17-19,21,24,28H,9-11H2,(H,25,26,27). The van der Waals surface area contributed by atoms with Crippen LogP contribution in [0, 0.1) is 11.6 Å². The van der Waals surface area contributed by atoms with Gasteiger partial charge in [-0.25, -0.2) is 13.8 Å². The van der Waals surface area contributed by atoms with Gasteiger partial charge in [0.05, 0.1) is 31.4 Å². The first-order valence-corrected chi connectivity index (χ1v) is 9.49. The first-order chi connectivity index (χ1) is 14.1. The number of ether oxygens (including phenoxy) is 1. The highest BCUT2D eigenvalue weighted by molar-refractivity contribution is 5.34. The van der Waals surface area contributed by atoms with Crippen molar-refractivity contribution in [3.8, 4) is 0 Å². The van der Waals surface area contributed by atoms with Crippen molar-refractivity contribution in [2.45, 2.75) is 37.1 Å². The van der Waals surface area contributed by atoms with Gasteiger partial charge in [-0.05, 0) is 35.4 Å². The van der Waals surface area contributed by atoms with E-state index >= 15 is 0 Å². The molecule has 3 N–H and O–H groups in total. The zero-order chi connectivity index (χ0) is 20.2. The van der Waals surface area contributed by atoms with Gasteiger partial charge in [-0.3, -0.25) is 5.10 Å². The summed E-state index contributed by atoms with van der Waals surface area (Å²) in [5.41, 5.74) is 1.70. The number of halogens is 2. The zero-order valence-corrected chi connectivity index (χ0v) is 15.6. The zero-order valence-electron chi connectivity index (χ0n) is 15.6. The third-order valence-electron chi connectivity index (χ3n) is 5.25. The molecule has 0 saturated carbocycles. The van der Waals surface area contributed by atoms with Gasteiger partial charge >= 0.3 is 0 Å². The van der Waals surface area contributed by atoms with Gasteiger partial charge in [0, 0.05) is 12.3 Å². The van der Waals surface area contributed by atoms with Gasteiger partial charge in [0.25, 0.3) is 0 Å². The van der Waals surface area contributed by atoms with Crippen LogP contribution in [-0.2, 0) is 11.3 Å². The van der Waals surface area contributed by atoms with Crippen LogP contribution in [0.2, 0.25) is 0 Å². The summed E-state index contributed by atoms with van der Waals surface area (Å²) in [7, 11) is 0. The second kappa shape index (κ2) is 8.77. The molecule has 3 aromatic rings. The highest BCUT2D eigenvalue weighted by Gasteiger charge is 2.35.